The van der Waals surface area contributed by atoms with Gasteiger partial charge in [-0.05, 0) is 49.7 Å². The van der Waals surface area contributed by atoms with Crippen LogP contribution in [0.25, 0.3) is 33.1 Å². The molecule has 0 spiro atoms. The Morgan fingerprint density at radius 1 is 1.19 bits per heavy atom. The Morgan fingerprint density at radius 3 is 2.69 bits per heavy atom. The van der Waals surface area contributed by atoms with Crippen LogP contribution in [0.5, 0.6) is 0 Å². The molecule has 186 valence electrons. The normalized spacial score (nSPS) is 12.0. The maximum absolute atomic E-state index is 14.6. The molecule has 0 amide bonds. The molecule has 0 aliphatic carbocycles. The Bertz CT molecular complexity index is 1820. The number of hydrogen-bond acceptors (Lipinski definition) is 4. The van der Waals surface area contributed by atoms with Gasteiger partial charge in [0.15, 0.2) is 0 Å². The molecule has 0 saturated carbocycles. The van der Waals surface area contributed by atoms with E-state index in [-0.39, 0.29) is 17.9 Å². The van der Waals surface area contributed by atoms with Crippen molar-refractivity contribution in [1.29, 1.82) is 0 Å². The van der Waals surface area contributed by atoms with E-state index in [1.54, 1.807) is 57.6 Å². The minimum atomic E-state index is -3.62. The van der Waals surface area contributed by atoms with Crippen LogP contribution in [-0.4, -0.2) is 33.3 Å². The first-order valence-corrected chi connectivity index (χ1v) is 13.2. The lowest BCUT2D eigenvalue weighted by molar-refractivity contribution is 0.599. The Morgan fingerprint density at radius 2 is 1.97 bits per heavy atom. The largest absolute Gasteiger partial charge is 0.357 e. The second kappa shape index (κ2) is 8.79. The van der Waals surface area contributed by atoms with Gasteiger partial charge in [0, 0.05) is 41.0 Å². The molecule has 8 nitrogen and oxygen atoms in total. The summed E-state index contributed by atoms with van der Waals surface area (Å²) in [6.45, 7) is 3.50. The molecule has 0 aliphatic rings. The molecule has 0 aliphatic heterocycles. The van der Waals surface area contributed by atoms with Crippen LogP contribution in [0.1, 0.15) is 18.3 Å². The fourth-order valence-corrected chi connectivity index (χ4v) is 5.12. The van der Waals surface area contributed by atoms with Crippen molar-refractivity contribution in [3.8, 4) is 11.1 Å². The SMILES string of the molecule is CCS(=O)(=O)Nc1cc(-c2cn(C)c(=O)c3[nH]ccc23)cc2c1nc(C)n2Cc1ccc(Cl)cc1F. The molecule has 2 N–H and O–H groups in total. The van der Waals surface area contributed by atoms with Gasteiger partial charge in [-0.1, -0.05) is 17.7 Å². The highest BCUT2D eigenvalue weighted by Gasteiger charge is 2.20. The standard InChI is InChI=1S/C25H23ClFN5O3S/c1-4-36(34,35)30-21-9-16(19-13-31(3)25(33)23-18(19)7-8-28-23)10-22-24(21)29-14(2)32(22)12-15-5-6-17(26)11-20(15)27/h5-11,13,28,30H,4,12H2,1-3H3. The third-order valence-electron chi connectivity index (χ3n) is 6.24. The van der Waals surface area contributed by atoms with Crippen molar-refractivity contribution in [3.05, 3.63) is 81.4 Å². The van der Waals surface area contributed by atoms with Gasteiger partial charge >= 0.3 is 0 Å². The molecule has 0 unspecified atom stereocenters. The summed E-state index contributed by atoms with van der Waals surface area (Å²) in [6.07, 6.45) is 3.40. The highest BCUT2D eigenvalue weighted by atomic mass is 35.5. The predicted octanol–water partition coefficient (Wildman–Crippen LogP) is 4.79. The molecular formula is C25H23ClFN5O3S. The number of aromatic amines is 1. The van der Waals surface area contributed by atoms with Crippen molar-refractivity contribution < 1.29 is 12.8 Å². The summed E-state index contributed by atoms with van der Waals surface area (Å²) in [5.41, 5.74) is 3.45. The van der Waals surface area contributed by atoms with Gasteiger partial charge in [-0.2, -0.15) is 0 Å². The number of H-pyrrole nitrogens is 1. The van der Waals surface area contributed by atoms with Gasteiger partial charge in [-0.15, -0.1) is 0 Å². The zero-order valence-corrected chi connectivity index (χ0v) is 21.3. The number of fused-ring (bicyclic) bond motifs is 2. The number of anilines is 1. The zero-order valence-electron chi connectivity index (χ0n) is 19.8. The van der Waals surface area contributed by atoms with Crippen LogP contribution in [0.4, 0.5) is 10.1 Å². The summed E-state index contributed by atoms with van der Waals surface area (Å²) < 4.78 is 45.6. The monoisotopic (exact) mass is 527 g/mol. The van der Waals surface area contributed by atoms with Crippen molar-refractivity contribution in [2.24, 2.45) is 7.05 Å². The van der Waals surface area contributed by atoms with Gasteiger partial charge in [0.2, 0.25) is 10.0 Å². The van der Waals surface area contributed by atoms with E-state index in [2.05, 4.69) is 14.7 Å². The van der Waals surface area contributed by atoms with Crippen LogP contribution in [0, 0.1) is 12.7 Å². The smallest absolute Gasteiger partial charge is 0.274 e. The van der Waals surface area contributed by atoms with Crippen LogP contribution in [0.3, 0.4) is 0 Å². The minimum Gasteiger partial charge on any atom is -0.357 e. The van der Waals surface area contributed by atoms with Crippen molar-refractivity contribution in [3.63, 3.8) is 0 Å². The van der Waals surface area contributed by atoms with E-state index in [0.717, 1.165) is 5.56 Å². The first kappa shape index (κ1) is 24.1. The predicted molar refractivity (Wildman–Crippen MR) is 141 cm³/mol. The molecule has 11 heteroatoms. The van der Waals surface area contributed by atoms with E-state index >= 15 is 0 Å². The van der Waals surface area contributed by atoms with Gasteiger partial charge in [-0.25, -0.2) is 17.8 Å². The fraction of sp³-hybridized carbons (Fsp3) is 0.200. The maximum atomic E-state index is 14.6. The number of aromatic nitrogens is 4. The Balaban J connectivity index is 1.79. The number of imidazole rings is 1. The number of halogens is 2. The molecule has 3 aromatic heterocycles. The Kier molecular flexibility index (Phi) is 5.88. The van der Waals surface area contributed by atoms with E-state index in [1.165, 1.54) is 10.6 Å². The number of benzene rings is 2. The van der Waals surface area contributed by atoms with Crippen LogP contribution in [0.15, 0.2) is 53.6 Å². The van der Waals surface area contributed by atoms with E-state index in [0.29, 0.717) is 49.6 Å². The van der Waals surface area contributed by atoms with E-state index in [4.69, 9.17) is 11.6 Å². The highest BCUT2D eigenvalue weighted by Crippen LogP contribution is 2.35. The number of rotatable bonds is 6. The molecule has 36 heavy (non-hydrogen) atoms. The van der Waals surface area contributed by atoms with E-state index in [9.17, 15) is 17.6 Å². The quantitative estimate of drug-likeness (QED) is 0.331. The number of sulfonamides is 1. The number of hydrogen-bond donors (Lipinski definition) is 2. The average molecular weight is 528 g/mol. The lowest BCUT2D eigenvalue weighted by atomic mass is 10.0. The molecule has 5 aromatic rings. The van der Waals surface area contributed by atoms with Gasteiger partial charge in [0.25, 0.3) is 5.56 Å². The van der Waals surface area contributed by atoms with Crippen molar-refractivity contribution in [2.75, 3.05) is 10.5 Å². The maximum Gasteiger partial charge on any atom is 0.274 e. The van der Waals surface area contributed by atoms with Gasteiger partial charge in [0.1, 0.15) is 22.7 Å². The van der Waals surface area contributed by atoms with Crippen molar-refractivity contribution >= 4 is 49.2 Å². The molecule has 0 atom stereocenters. The van der Waals surface area contributed by atoms with E-state index in [1.807, 2.05) is 10.6 Å². The Hall–Kier alpha value is -3.63. The number of nitrogens with zero attached hydrogens (tertiary/aromatic N) is 3. The molecule has 0 bridgehead atoms. The van der Waals surface area contributed by atoms with Crippen LogP contribution in [0.2, 0.25) is 5.02 Å². The summed E-state index contributed by atoms with van der Waals surface area (Å²) in [5, 5.41) is 1.00. The third-order valence-corrected chi connectivity index (χ3v) is 7.77. The molecule has 0 radical (unpaired) electrons. The summed E-state index contributed by atoms with van der Waals surface area (Å²) in [6, 6.07) is 9.88. The van der Waals surface area contributed by atoms with Gasteiger partial charge in [-0.3, -0.25) is 9.52 Å². The second-order valence-electron chi connectivity index (χ2n) is 8.60. The fourth-order valence-electron chi connectivity index (χ4n) is 4.33. The first-order valence-electron chi connectivity index (χ1n) is 11.2. The lowest BCUT2D eigenvalue weighted by Gasteiger charge is -2.13. The number of pyridine rings is 1. The lowest BCUT2D eigenvalue weighted by Crippen LogP contribution is -2.17. The number of nitrogens with one attached hydrogen (secondary N) is 2. The third kappa shape index (κ3) is 4.16. The van der Waals surface area contributed by atoms with Crippen LogP contribution in [-0.2, 0) is 23.6 Å². The molecule has 0 saturated heterocycles. The van der Waals surface area contributed by atoms with Crippen molar-refractivity contribution in [1.82, 2.24) is 19.1 Å². The van der Waals surface area contributed by atoms with Gasteiger partial charge in [0.05, 0.1) is 23.5 Å². The highest BCUT2D eigenvalue weighted by molar-refractivity contribution is 7.92. The Labute approximate surface area is 211 Å². The molecule has 0 fully saturated rings. The van der Waals surface area contributed by atoms with E-state index < -0.39 is 15.8 Å². The van der Waals surface area contributed by atoms with Gasteiger partial charge < -0.3 is 14.1 Å². The summed E-state index contributed by atoms with van der Waals surface area (Å²) in [5.74, 6) is 0.0237. The summed E-state index contributed by atoms with van der Waals surface area (Å²) in [7, 11) is -1.96. The summed E-state index contributed by atoms with van der Waals surface area (Å²) in [4.78, 5) is 20.2. The minimum absolute atomic E-state index is 0.115. The number of aryl methyl sites for hydroxylation is 2. The molecule has 3 heterocycles. The molecule has 2 aromatic carbocycles. The topological polar surface area (TPSA) is 102 Å². The van der Waals surface area contributed by atoms with Crippen molar-refractivity contribution in [2.45, 2.75) is 20.4 Å². The van der Waals surface area contributed by atoms with Crippen LogP contribution >= 0.6 is 11.6 Å². The molecular weight excluding hydrogens is 505 g/mol. The average Bonchev–Trinajstić information content (AvgIpc) is 3.43. The first-order chi connectivity index (χ1) is 17.1. The zero-order chi connectivity index (χ0) is 25.8. The second-order valence-corrected chi connectivity index (χ2v) is 11.1. The van der Waals surface area contributed by atoms with Crippen LogP contribution < -0.4 is 10.3 Å². The molecule has 5 rings (SSSR count). The summed E-state index contributed by atoms with van der Waals surface area (Å²) >= 11 is 5.92.